The second-order valence-corrected chi connectivity index (χ2v) is 11.2. The smallest absolute Gasteiger partial charge is 0.241 e. The van der Waals surface area contributed by atoms with Crippen LogP contribution in [0.5, 0.6) is 0 Å². The number of nitrogens with one attached hydrogen (secondary N) is 2. The van der Waals surface area contributed by atoms with Crippen LogP contribution in [0.4, 0.5) is 0 Å². The van der Waals surface area contributed by atoms with Gasteiger partial charge in [0, 0.05) is 31.5 Å². The van der Waals surface area contributed by atoms with E-state index in [1.165, 1.54) is 18.2 Å². The number of hydrogen-bond donors (Lipinski definition) is 2. The maximum Gasteiger partial charge on any atom is 0.241 e. The van der Waals surface area contributed by atoms with E-state index in [0.717, 1.165) is 5.56 Å². The standard InChI is InChI=1S/C22H16Cl5N3O2S/c23-13-3-1-12(2-4-13)20-11-21(29-28-20)22(18-6-5-14(24)10-19(18)27)30-33(31,32)17-8-15(25)7-16(26)9-17/h1-10,20,22,28,30H,11H2. The molecule has 0 aliphatic carbocycles. The van der Waals surface area contributed by atoms with Crippen molar-refractivity contribution in [2.24, 2.45) is 5.10 Å². The predicted octanol–water partition coefficient (Wildman–Crippen LogP) is 7.06. The highest BCUT2D eigenvalue weighted by Crippen LogP contribution is 2.34. The van der Waals surface area contributed by atoms with Crippen molar-refractivity contribution >= 4 is 73.7 Å². The molecule has 1 aliphatic rings. The Hall–Kier alpha value is -1.51. The molecule has 3 aromatic rings. The fourth-order valence-corrected chi connectivity index (χ4v) is 6.06. The summed E-state index contributed by atoms with van der Waals surface area (Å²) in [7, 11) is -4.04. The second kappa shape index (κ2) is 10.0. The van der Waals surface area contributed by atoms with Gasteiger partial charge in [0.2, 0.25) is 10.0 Å². The van der Waals surface area contributed by atoms with Crippen LogP contribution in [0.3, 0.4) is 0 Å². The Labute approximate surface area is 216 Å². The van der Waals surface area contributed by atoms with Crippen molar-refractivity contribution in [3.05, 3.63) is 96.9 Å². The maximum absolute atomic E-state index is 13.3. The van der Waals surface area contributed by atoms with Crippen LogP contribution in [0, 0.1) is 0 Å². The largest absolute Gasteiger partial charge is 0.302 e. The zero-order valence-electron chi connectivity index (χ0n) is 16.7. The molecule has 1 heterocycles. The number of sulfonamides is 1. The Morgan fingerprint density at radius 1 is 0.848 bits per heavy atom. The van der Waals surface area contributed by atoms with Crippen molar-refractivity contribution in [2.45, 2.75) is 23.4 Å². The van der Waals surface area contributed by atoms with Crippen LogP contribution in [0.15, 0.2) is 70.7 Å². The van der Waals surface area contributed by atoms with Crippen LogP contribution in [0.2, 0.25) is 25.1 Å². The lowest BCUT2D eigenvalue weighted by Crippen LogP contribution is -2.33. The summed E-state index contributed by atoms with van der Waals surface area (Å²) in [5.41, 5.74) is 5.09. The summed E-state index contributed by atoms with van der Waals surface area (Å²) in [5.74, 6) is 0. The SMILES string of the molecule is O=S(=O)(NC(C1=NNC(c2ccc(Cl)cc2)C1)c1ccc(Cl)cc1Cl)c1cc(Cl)cc(Cl)c1. The Kier molecular flexibility index (Phi) is 7.46. The van der Waals surface area contributed by atoms with Gasteiger partial charge in [0.05, 0.1) is 22.7 Å². The van der Waals surface area contributed by atoms with Gasteiger partial charge in [-0.2, -0.15) is 9.82 Å². The first kappa shape index (κ1) is 24.6. The number of halogens is 5. The van der Waals surface area contributed by atoms with Crippen molar-refractivity contribution in [1.82, 2.24) is 10.1 Å². The fourth-order valence-electron chi connectivity index (χ4n) is 3.48. The highest BCUT2D eigenvalue weighted by atomic mass is 35.5. The molecule has 0 bridgehead atoms. The van der Waals surface area contributed by atoms with Gasteiger partial charge in [-0.05, 0) is 53.6 Å². The van der Waals surface area contributed by atoms with Crippen LogP contribution in [0.25, 0.3) is 0 Å². The normalized spacial score (nSPS) is 16.9. The molecule has 0 saturated carbocycles. The van der Waals surface area contributed by atoms with E-state index in [2.05, 4.69) is 15.2 Å². The van der Waals surface area contributed by atoms with Crippen molar-refractivity contribution in [2.75, 3.05) is 0 Å². The summed E-state index contributed by atoms with van der Waals surface area (Å²) >= 11 is 30.5. The van der Waals surface area contributed by atoms with E-state index in [0.29, 0.717) is 32.8 Å². The van der Waals surface area contributed by atoms with Crippen molar-refractivity contribution in [1.29, 1.82) is 0 Å². The molecular weight excluding hydrogens is 548 g/mol. The first-order chi connectivity index (χ1) is 15.6. The Balaban J connectivity index is 1.69. The monoisotopic (exact) mass is 561 g/mol. The number of hydrogen-bond acceptors (Lipinski definition) is 4. The van der Waals surface area contributed by atoms with Gasteiger partial charge < -0.3 is 5.43 Å². The van der Waals surface area contributed by atoms with E-state index < -0.39 is 16.1 Å². The predicted molar refractivity (Wildman–Crippen MR) is 135 cm³/mol. The summed E-state index contributed by atoms with van der Waals surface area (Å²) in [4.78, 5) is -0.0732. The number of benzene rings is 3. The first-order valence-electron chi connectivity index (χ1n) is 9.63. The molecule has 3 aromatic carbocycles. The van der Waals surface area contributed by atoms with Gasteiger partial charge in [-0.3, -0.25) is 0 Å². The Morgan fingerprint density at radius 2 is 1.48 bits per heavy atom. The topological polar surface area (TPSA) is 70.6 Å². The van der Waals surface area contributed by atoms with Gasteiger partial charge in [0.1, 0.15) is 0 Å². The highest BCUT2D eigenvalue weighted by Gasteiger charge is 2.32. The molecule has 33 heavy (non-hydrogen) atoms. The minimum Gasteiger partial charge on any atom is -0.302 e. The lowest BCUT2D eigenvalue weighted by atomic mass is 9.96. The van der Waals surface area contributed by atoms with Crippen molar-refractivity contribution in [3.8, 4) is 0 Å². The second-order valence-electron chi connectivity index (χ2n) is 7.37. The van der Waals surface area contributed by atoms with Gasteiger partial charge in [-0.25, -0.2) is 8.42 Å². The third-order valence-corrected chi connectivity index (χ3v) is 7.73. The summed E-state index contributed by atoms with van der Waals surface area (Å²) in [5, 5.41) is 6.19. The number of hydrazone groups is 1. The molecule has 0 aromatic heterocycles. The first-order valence-corrected chi connectivity index (χ1v) is 13.0. The van der Waals surface area contributed by atoms with E-state index in [1.807, 2.05) is 12.1 Å². The molecule has 0 spiro atoms. The minimum absolute atomic E-state index is 0.0732. The number of rotatable bonds is 6. The zero-order valence-corrected chi connectivity index (χ0v) is 21.3. The van der Waals surface area contributed by atoms with Gasteiger partial charge in [-0.15, -0.1) is 0 Å². The molecule has 0 saturated heterocycles. The molecule has 5 nitrogen and oxygen atoms in total. The summed E-state index contributed by atoms with van der Waals surface area (Å²) in [6.45, 7) is 0. The molecule has 2 unspecified atom stereocenters. The molecule has 2 N–H and O–H groups in total. The highest BCUT2D eigenvalue weighted by molar-refractivity contribution is 7.89. The molecule has 0 fully saturated rings. The molecule has 172 valence electrons. The third-order valence-electron chi connectivity index (χ3n) is 5.08. The van der Waals surface area contributed by atoms with Gasteiger partial charge >= 0.3 is 0 Å². The summed E-state index contributed by atoms with van der Waals surface area (Å²) < 4.78 is 29.2. The molecule has 1 aliphatic heterocycles. The van der Waals surface area contributed by atoms with Crippen LogP contribution >= 0.6 is 58.0 Å². The zero-order chi connectivity index (χ0) is 23.8. The summed E-state index contributed by atoms with van der Waals surface area (Å²) in [6, 6.07) is 15.3. The lowest BCUT2D eigenvalue weighted by Gasteiger charge is -2.21. The Bertz CT molecular complexity index is 1310. The minimum atomic E-state index is -4.04. The van der Waals surface area contributed by atoms with Crippen LogP contribution in [0.1, 0.15) is 29.6 Å². The quantitative estimate of drug-likeness (QED) is 0.337. The summed E-state index contributed by atoms with van der Waals surface area (Å²) in [6.07, 6.45) is 0.435. The van der Waals surface area contributed by atoms with Crippen LogP contribution in [-0.4, -0.2) is 14.1 Å². The van der Waals surface area contributed by atoms with E-state index >= 15 is 0 Å². The molecule has 0 amide bonds. The van der Waals surface area contributed by atoms with Crippen LogP contribution in [-0.2, 0) is 10.0 Å². The third kappa shape index (κ3) is 5.77. The van der Waals surface area contributed by atoms with Gasteiger partial charge in [0.25, 0.3) is 0 Å². The fraction of sp³-hybridized carbons (Fsp3) is 0.136. The average Bonchev–Trinajstić information content (AvgIpc) is 3.22. The molecule has 0 radical (unpaired) electrons. The lowest BCUT2D eigenvalue weighted by molar-refractivity contribution is 0.576. The van der Waals surface area contributed by atoms with Gasteiger partial charge in [0.15, 0.2) is 0 Å². The van der Waals surface area contributed by atoms with Gasteiger partial charge in [-0.1, -0.05) is 76.2 Å². The van der Waals surface area contributed by atoms with Crippen LogP contribution < -0.4 is 10.1 Å². The van der Waals surface area contributed by atoms with E-state index in [4.69, 9.17) is 58.0 Å². The Morgan fingerprint density at radius 3 is 2.12 bits per heavy atom. The van der Waals surface area contributed by atoms with Crippen molar-refractivity contribution < 1.29 is 8.42 Å². The molecule has 11 heteroatoms. The van der Waals surface area contributed by atoms with E-state index in [9.17, 15) is 8.42 Å². The molecule has 2 atom stereocenters. The average molecular weight is 564 g/mol. The van der Waals surface area contributed by atoms with E-state index in [1.54, 1.807) is 30.3 Å². The van der Waals surface area contributed by atoms with E-state index in [-0.39, 0.29) is 21.0 Å². The number of nitrogens with zero attached hydrogens (tertiary/aromatic N) is 1. The van der Waals surface area contributed by atoms with Crippen molar-refractivity contribution in [3.63, 3.8) is 0 Å². The maximum atomic E-state index is 13.3. The molecule has 4 rings (SSSR count). The molecular formula is C22H16Cl5N3O2S.